The number of hydrogen-bond donors (Lipinski definition) is 1. The lowest BCUT2D eigenvalue weighted by atomic mass is 10.2. The van der Waals surface area contributed by atoms with E-state index in [0.717, 1.165) is 22.4 Å². The van der Waals surface area contributed by atoms with E-state index in [2.05, 4.69) is 20.9 Å². The van der Waals surface area contributed by atoms with Gasteiger partial charge in [0.1, 0.15) is 11.6 Å². The normalized spacial score (nSPS) is 11.1. The lowest BCUT2D eigenvalue weighted by molar-refractivity contribution is 0.472. The van der Waals surface area contributed by atoms with E-state index in [1.165, 1.54) is 0 Å². The second kappa shape index (κ2) is 4.54. The molecular formula is C14H10BrClN2O. The summed E-state index contributed by atoms with van der Waals surface area (Å²) in [5.41, 5.74) is 2.70. The number of aryl methyl sites for hydroxylation is 1. The molecule has 2 aromatic carbocycles. The van der Waals surface area contributed by atoms with E-state index in [9.17, 15) is 5.11 Å². The van der Waals surface area contributed by atoms with Crippen LogP contribution in [0.5, 0.6) is 5.75 Å². The molecule has 3 nitrogen and oxygen atoms in total. The van der Waals surface area contributed by atoms with Gasteiger partial charge in [-0.25, -0.2) is 4.98 Å². The number of rotatable bonds is 1. The van der Waals surface area contributed by atoms with Crippen LogP contribution < -0.4 is 0 Å². The zero-order valence-electron chi connectivity index (χ0n) is 10.1. The summed E-state index contributed by atoms with van der Waals surface area (Å²) in [6.45, 7) is 0. The van der Waals surface area contributed by atoms with E-state index < -0.39 is 0 Å². The molecule has 3 rings (SSSR count). The highest BCUT2D eigenvalue weighted by Gasteiger charge is 2.11. The van der Waals surface area contributed by atoms with Gasteiger partial charge in [0, 0.05) is 17.6 Å². The third-order valence-electron chi connectivity index (χ3n) is 3.05. The third kappa shape index (κ3) is 2.11. The van der Waals surface area contributed by atoms with E-state index in [4.69, 9.17) is 11.6 Å². The second-order valence-corrected chi connectivity index (χ2v) is 5.58. The second-order valence-electron chi connectivity index (χ2n) is 4.29. The Morgan fingerprint density at radius 2 is 2.00 bits per heavy atom. The molecule has 0 bridgehead atoms. The van der Waals surface area contributed by atoms with Crippen molar-refractivity contribution >= 4 is 38.6 Å². The molecule has 5 heteroatoms. The molecule has 0 spiro atoms. The van der Waals surface area contributed by atoms with Gasteiger partial charge in [0.25, 0.3) is 0 Å². The first kappa shape index (κ1) is 12.5. The molecular weight excluding hydrogens is 328 g/mol. The highest BCUT2D eigenvalue weighted by molar-refractivity contribution is 9.10. The molecule has 3 aromatic rings. The molecule has 0 amide bonds. The molecule has 0 atom stereocenters. The fraction of sp³-hybridized carbons (Fsp3) is 0.0714. The Labute approximate surface area is 123 Å². The quantitative estimate of drug-likeness (QED) is 0.716. The van der Waals surface area contributed by atoms with Gasteiger partial charge in [0.2, 0.25) is 0 Å². The van der Waals surface area contributed by atoms with Crippen LogP contribution in [0.4, 0.5) is 0 Å². The molecule has 0 fully saturated rings. The maximum Gasteiger partial charge on any atom is 0.140 e. The minimum Gasteiger partial charge on any atom is -0.507 e. The molecule has 1 aromatic heterocycles. The number of benzene rings is 2. The Morgan fingerprint density at radius 1 is 1.21 bits per heavy atom. The van der Waals surface area contributed by atoms with E-state index in [1.54, 1.807) is 12.1 Å². The molecule has 0 aliphatic heterocycles. The van der Waals surface area contributed by atoms with Gasteiger partial charge in [-0.05, 0) is 52.3 Å². The van der Waals surface area contributed by atoms with Crippen LogP contribution in [-0.2, 0) is 7.05 Å². The molecule has 19 heavy (non-hydrogen) atoms. The van der Waals surface area contributed by atoms with E-state index in [1.807, 2.05) is 35.9 Å². The number of aromatic hydroxyl groups is 1. The number of halogens is 2. The van der Waals surface area contributed by atoms with Gasteiger partial charge in [0.15, 0.2) is 0 Å². The number of aromatic nitrogens is 2. The van der Waals surface area contributed by atoms with Crippen molar-refractivity contribution in [2.75, 3.05) is 0 Å². The summed E-state index contributed by atoms with van der Waals surface area (Å²) in [4.78, 5) is 4.57. The molecule has 0 saturated heterocycles. The number of phenolic OH excluding ortho intramolecular Hbond substituents is 1. The molecule has 0 unspecified atom stereocenters. The van der Waals surface area contributed by atoms with Gasteiger partial charge in [-0.15, -0.1) is 0 Å². The molecule has 0 saturated carbocycles. The number of phenols is 1. The third-order valence-corrected chi connectivity index (χ3v) is 3.95. The summed E-state index contributed by atoms with van der Waals surface area (Å²) in [7, 11) is 1.93. The van der Waals surface area contributed by atoms with Crippen molar-refractivity contribution in [3.05, 3.63) is 45.9 Å². The molecule has 0 radical (unpaired) electrons. The standard InChI is InChI=1S/C14H10BrClN2O/c1-18-12-7-9(16)3-5-11(12)17-14(18)8-2-4-10(15)13(19)6-8/h2-7,19H,1H3. The van der Waals surface area contributed by atoms with Gasteiger partial charge in [-0.3, -0.25) is 0 Å². The van der Waals surface area contributed by atoms with Crippen molar-refractivity contribution in [2.24, 2.45) is 7.05 Å². The smallest absolute Gasteiger partial charge is 0.140 e. The van der Waals surface area contributed by atoms with Crippen molar-refractivity contribution in [3.63, 3.8) is 0 Å². The van der Waals surface area contributed by atoms with Gasteiger partial charge in [-0.1, -0.05) is 11.6 Å². The molecule has 1 N–H and O–H groups in total. The molecule has 96 valence electrons. The first-order chi connectivity index (χ1) is 9.06. The average Bonchev–Trinajstić information content (AvgIpc) is 2.70. The minimum atomic E-state index is 0.197. The Hall–Kier alpha value is -1.52. The first-order valence-corrected chi connectivity index (χ1v) is 6.84. The molecule has 0 aliphatic carbocycles. The van der Waals surface area contributed by atoms with Crippen LogP contribution in [-0.4, -0.2) is 14.7 Å². The van der Waals surface area contributed by atoms with Gasteiger partial charge in [-0.2, -0.15) is 0 Å². The average molecular weight is 338 g/mol. The highest BCUT2D eigenvalue weighted by atomic mass is 79.9. The summed E-state index contributed by atoms with van der Waals surface area (Å²) < 4.78 is 2.63. The van der Waals surface area contributed by atoms with Crippen molar-refractivity contribution in [2.45, 2.75) is 0 Å². The number of fused-ring (bicyclic) bond motifs is 1. The zero-order valence-corrected chi connectivity index (χ0v) is 12.4. The van der Waals surface area contributed by atoms with Gasteiger partial charge < -0.3 is 9.67 Å². The van der Waals surface area contributed by atoms with Crippen LogP contribution in [0, 0.1) is 0 Å². The van der Waals surface area contributed by atoms with Crippen LogP contribution in [0.3, 0.4) is 0 Å². The van der Waals surface area contributed by atoms with Gasteiger partial charge in [0.05, 0.1) is 15.5 Å². The lowest BCUT2D eigenvalue weighted by Gasteiger charge is -2.04. The summed E-state index contributed by atoms with van der Waals surface area (Å²) in [6.07, 6.45) is 0. The number of nitrogens with zero attached hydrogens (tertiary/aromatic N) is 2. The van der Waals surface area contributed by atoms with Crippen LogP contribution in [0.25, 0.3) is 22.4 Å². The summed E-state index contributed by atoms with van der Waals surface area (Å²) in [6, 6.07) is 11.0. The van der Waals surface area contributed by atoms with Crippen LogP contribution in [0.2, 0.25) is 5.02 Å². The van der Waals surface area contributed by atoms with Crippen LogP contribution >= 0.6 is 27.5 Å². The summed E-state index contributed by atoms with van der Waals surface area (Å²) in [5.74, 6) is 0.989. The Balaban J connectivity index is 2.24. The topological polar surface area (TPSA) is 38.0 Å². The van der Waals surface area contributed by atoms with Crippen molar-refractivity contribution in [1.82, 2.24) is 9.55 Å². The maximum absolute atomic E-state index is 9.77. The SMILES string of the molecule is Cn1c(-c2ccc(Br)c(O)c2)nc2ccc(Cl)cc21. The summed E-state index contributed by atoms with van der Waals surface area (Å²) >= 11 is 9.27. The molecule has 0 aliphatic rings. The predicted molar refractivity (Wildman–Crippen MR) is 80.5 cm³/mol. The highest BCUT2D eigenvalue weighted by Crippen LogP contribution is 2.31. The van der Waals surface area contributed by atoms with Crippen LogP contribution in [0.15, 0.2) is 40.9 Å². The zero-order chi connectivity index (χ0) is 13.6. The maximum atomic E-state index is 9.77. The lowest BCUT2D eigenvalue weighted by Crippen LogP contribution is -1.92. The molecule has 1 heterocycles. The fourth-order valence-corrected chi connectivity index (χ4v) is 2.49. The van der Waals surface area contributed by atoms with Crippen molar-refractivity contribution in [3.8, 4) is 17.1 Å². The first-order valence-electron chi connectivity index (χ1n) is 5.67. The van der Waals surface area contributed by atoms with Crippen molar-refractivity contribution in [1.29, 1.82) is 0 Å². The largest absolute Gasteiger partial charge is 0.507 e. The Morgan fingerprint density at radius 3 is 2.74 bits per heavy atom. The van der Waals surface area contributed by atoms with Crippen molar-refractivity contribution < 1.29 is 5.11 Å². The monoisotopic (exact) mass is 336 g/mol. The summed E-state index contributed by atoms with van der Waals surface area (Å²) in [5, 5.41) is 10.4. The number of imidazole rings is 1. The van der Waals surface area contributed by atoms with Gasteiger partial charge >= 0.3 is 0 Å². The van der Waals surface area contributed by atoms with E-state index >= 15 is 0 Å². The minimum absolute atomic E-state index is 0.197. The predicted octanol–water partition coefficient (Wildman–Crippen LogP) is 4.36. The number of hydrogen-bond acceptors (Lipinski definition) is 2. The van der Waals surface area contributed by atoms with Crippen LogP contribution in [0.1, 0.15) is 0 Å². The Kier molecular flexibility index (Phi) is 2.99. The van der Waals surface area contributed by atoms with E-state index in [-0.39, 0.29) is 5.75 Å². The van der Waals surface area contributed by atoms with E-state index in [0.29, 0.717) is 9.50 Å². The Bertz CT molecular complexity index is 782. The fourth-order valence-electron chi connectivity index (χ4n) is 2.07.